The molecule has 0 saturated carbocycles. The van der Waals surface area contributed by atoms with Crippen LogP contribution < -0.4 is 5.73 Å². The fourth-order valence-corrected chi connectivity index (χ4v) is 0.456. The molecular weight excluding hydrogens is 242 g/mol. The Morgan fingerprint density at radius 1 is 1.25 bits per heavy atom. The third-order valence-corrected chi connectivity index (χ3v) is 1.22. The van der Waals surface area contributed by atoms with Crippen LogP contribution in [0, 0.1) is 0 Å². The largest absolute Gasteiger partial charge is 0.464 e. The molecule has 0 unspecified atom stereocenters. The fourth-order valence-electron chi connectivity index (χ4n) is 0.456. The first-order valence-corrected chi connectivity index (χ1v) is 3.62. The molecule has 0 radical (unpaired) electrons. The molecule has 1 aromatic heterocycles. The van der Waals surface area contributed by atoms with Gasteiger partial charge in [0.1, 0.15) is 5.82 Å². The van der Waals surface area contributed by atoms with Crippen molar-refractivity contribution in [1.29, 1.82) is 0 Å². The van der Waals surface area contributed by atoms with Crippen molar-refractivity contribution in [2.75, 3.05) is 5.73 Å². The summed E-state index contributed by atoms with van der Waals surface area (Å²) in [7, 11) is 0. The number of aromatic nitrogens is 1. The number of carbonyl (C=O) groups is 1. The predicted octanol–water partition coefficient (Wildman–Crippen LogP) is 2.28. The molecule has 1 aromatic rings. The first kappa shape index (κ1) is 14.3. The van der Waals surface area contributed by atoms with E-state index >= 15 is 0 Å². The molecule has 0 bridgehead atoms. The fraction of sp³-hybridized carbons (Fsp3) is 0.286. The van der Waals surface area contributed by atoms with Gasteiger partial charge in [0.25, 0.3) is 0 Å². The molecule has 3 N–H and O–H groups in total. The van der Waals surface area contributed by atoms with Gasteiger partial charge in [0.05, 0.1) is 0 Å². The van der Waals surface area contributed by atoms with Crippen LogP contribution in [0.5, 0.6) is 0 Å². The molecule has 0 aliphatic heterocycles. The van der Waals surface area contributed by atoms with Crippen molar-refractivity contribution in [1.82, 2.24) is 4.98 Å². The number of alkyl halides is 5. The molecule has 16 heavy (non-hydrogen) atoms. The highest BCUT2D eigenvalue weighted by Gasteiger charge is 2.64. The monoisotopic (exact) mass is 248 g/mol. The molecular formula is C7H6F6N2O. The van der Waals surface area contributed by atoms with E-state index in [1.165, 1.54) is 0 Å². The molecule has 0 spiro atoms. The minimum Gasteiger partial charge on any atom is -0.385 e. The molecule has 3 nitrogen and oxygen atoms in total. The van der Waals surface area contributed by atoms with Gasteiger partial charge in [-0.2, -0.15) is 26.3 Å². The zero-order valence-corrected chi connectivity index (χ0v) is 7.49. The van der Waals surface area contributed by atoms with Crippen LogP contribution in [0.25, 0.3) is 0 Å². The van der Waals surface area contributed by atoms with Gasteiger partial charge in [0, 0.05) is 6.20 Å². The van der Waals surface area contributed by atoms with Crippen LogP contribution in [-0.2, 0) is 4.79 Å². The molecule has 0 aliphatic carbocycles. The third kappa shape index (κ3) is 3.83. The van der Waals surface area contributed by atoms with Crippen LogP contribution in [0.4, 0.5) is 32.2 Å². The van der Waals surface area contributed by atoms with E-state index in [1.54, 1.807) is 12.3 Å². The Morgan fingerprint density at radius 3 is 1.81 bits per heavy atom. The average molecular weight is 248 g/mol. The topological polar surface area (TPSA) is 58.9 Å². The quantitative estimate of drug-likeness (QED) is 0.591. The number of H-pyrrole nitrogens is 1. The normalized spacial score (nSPS) is 11.6. The highest BCUT2D eigenvalue weighted by atomic mass is 19.4. The highest BCUT2D eigenvalue weighted by Crippen LogP contribution is 2.36. The van der Waals surface area contributed by atoms with Crippen molar-refractivity contribution in [3.8, 4) is 0 Å². The Morgan fingerprint density at radius 2 is 1.75 bits per heavy atom. The summed E-state index contributed by atoms with van der Waals surface area (Å²) in [6, 6.07) is -0.0324. The van der Waals surface area contributed by atoms with Crippen molar-refractivity contribution in [3.63, 3.8) is 0 Å². The second-order valence-corrected chi connectivity index (χ2v) is 2.47. The Hall–Kier alpha value is -1.67. The molecule has 0 amide bonds. The minimum atomic E-state index is -6.14. The maximum atomic E-state index is 11.2. The summed E-state index contributed by atoms with van der Waals surface area (Å²) in [5, 5.41) is 0. The predicted molar refractivity (Wildman–Crippen MR) is 42.3 cm³/mol. The first-order valence-electron chi connectivity index (χ1n) is 3.62. The number of anilines is 1. The van der Waals surface area contributed by atoms with Gasteiger partial charge in [-0.25, -0.2) is 0 Å². The standard InChI is InChI=1S/C4H6N2.C3F6O/c5-4-2-1-3-6-4;4-1(10)2(5,6)3(7,8)9/h1-3,6H,5H2;. The van der Waals surface area contributed by atoms with E-state index in [0.29, 0.717) is 0 Å². The molecule has 9 heteroatoms. The molecule has 1 heterocycles. The van der Waals surface area contributed by atoms with E-state index in [-0.39, 0.29) is 0 Å². The molecule has 0 aliphatic rings. The Balaban J connectivity index is 0.000000315. The average Bonchev–Trinajstić information content (AvgIpc) is 2.54. The van der Waals surface area contributed by atoms with E-state index in [9.17, 15) is 26.3 Å². The molecule has 0 aromatic carbocycles. The van der Waals surface area contributed by atoms with Crippen molar-refractivity contribution < 1.29 is 31.1 Å². The number of rotatable bonds is 1. The van der Waals surface area contributed by atoms with Crippen LogP contribution in [0.1, 0.15) is 0 Å². The second kappa shape index (κ2) is 4.90. The van der Waals surface area contributed by atoms with Gasteiger partial charge in [0.2, 0.25) is 0 Å². The van der Waals surface area contributed by atoms with E-state index in [1.807, 2.05) is 6.07 Å². The maximum Gasteiger partial charge on any atom is 0.464 e. The van der Waals surface area contributed by atoms with Gasteiger partial charge < -0.3 is 10.7 Å². The Bertz CT molecular complexity index is 331. The Kier molecular flexibility index (Phi) is 4.39. The summed E-state index contributed by atoms with van der Waals surface area (Å²) in [5.74, 6) is -5.15. The van der Waals surface area contributed by atoms with Crippen molar-refractivity contribution >= 4 is 11.9 Å². The minimum absolute atomic E-state index is 0.718. The second-order valence-electron chi connectivity index (χ2n) is 2.47. The van der Waals surface area contributed by atoms with Gasteiger partial charge >= 0.3 is 18.1 Å². The lowest BCUT2D eigenvalue weighted by Gasteiger charge is -2.12. The van der Waals surface area contributed by atoms with Crippen molar-refractivity contribution in [3.05, 3.63) is 18.3 Å². The van der Waals surface area contributed by atoms with Gasteiger partial charge in [-0.3, -0.25) is 4.79 Å². The highest BCUT2D eigenvalue weighted by molar-refractivity contribution is 5.77. The molecule has 0 atom stereocenters. The number of nitrogen functional groups attached to an aromatic ring is 1. The zero-order chi connectivity index (χ0) is 13.0. The first-order chi connectivity index (χ1) is 7.09. The van der Waals surface area contributed by atoms with Crippen LogP contribution in [0.3, 0.4) is 0 Å². The number of nitrogens with two attached hydrogens (primary N) is 1. The van der Waals surface area contributed by atoms with Gasteiger partial charge in [0.15, 0.2) is 0 Å². The lowest BCUT2D eigenvalue weighted by atomic mass is 10.3. The lowest BCUT2D eigenvalue weighted by Crippen LogP contribution is -2.41. The molecule has 0 saturated heterocycles. The summed E-state index contributed by atoms with van der Waals surface area (Å²) in [6.07, 6.45) is -4.35. The van der Waals surface area contributed by atoms with E-state index in [2.05, 4.69) is 4.98 Å². The number of hydrogen-bond acceptors (Lipinski definition) is 2. The summed E-state index contributed by atoms with van der Waals surface area (Å²) >= 11 is 0. The number of carbonyl (C=O) groups excluding carboxylic acids is 1. The SMILES string of the molecule is Nc1ccc[nH]1.O=C(F)C(F)(F)C(F)(F)F. The summed E-state index contributed by atoms with van der Waals surface area (Å²) in [6.45, 7) is 0. The smallest absolute Gasteiger partial charge is 0.385 e. The van der Waals surface area contributed by atoms with Crippen LogP contribution in [0.2, 0.25) is 0 Å². The molecule has 0 fully saturated rings. The third-order valence-electron chi connectivity index (χ3n) is 1.22. The van der Waals surface area contributed by atoms with E-state index in [0.717, 1.165) is 5.82 Å². The number of aromatic amines is 1. The number of hydrogen-bond donors (Lipinski definition) is 2. The Labute approximate surface area is 85.2 Å². The van der Waals surface area contributed by atoms with Gasteiger partial charge in [-0.05, 0) is 12.1 Å². The van der Waals surface area contributed by atoms with Crippen LogP contribution >= 0.6 is 0 Å². The van der Waals surface area contributed by atoms with Crippen LogP contribution in [0.15, 0.2) is 18.3 Å². The van der Waals surface area contributed by atoms with Gasteiger partial charge in [-0.15, -0.1) is 0 Å². The van der Waals surface area contributed by atoms with Crippen LogP contribution in [-0.4, -0.2) is 23.1 Å². The number of halogens is 6. The van der Waals surface area contributed by atoms with E-state index < -0.39 is 18.1 Å². The van der Waals surface area contributed by atoms with Crippen molar-refractivity contribution in [2.45, 2.75) is 12.1 Å². The van der Waals surface area contributed by atoms with Crippen molar-refractivity contribution in [2.24, 2.45) is 0 Å². The van der Waals surface area contributed by atoms with E-state index in [4.69, 9.17) is 10.5 Å². The van der Waals surface area contributed by atoms with Gasteiger partial charge in [-0.1, -0.05) is 0 Å². The maximum absolute atomic E-state index is 11.2. The summed E-state index contributed by atoms with van der Waals surface area (Å²) < 4.78 is 65.9. The summed E-state index contributed by atoms with van der Waals surface area (Å²) in [4.78, 5) is 11.8. The summed E-state index contributed by atoms with van der Waals surface area (Å²) in [5.41, 5.74) is 5.22. The molecule has 1 rings (SSSR count). The molecule has 92 valence electrons. The lowest BCUT2D eigenvalue weighted by molar-refractivity contribution is -0.274. The number of nitrogens with one attached hydrogen (secondary N) is 1. The zero-order valence-electron chi connectivity index (χ0n) is 7.49.